The van der Waals surface area contributed by atoms with Crippen LogP contribution in [-0.4, -0.2) is 19.5 Å². The monoisotopic (exact) mass is 508 g/mol. The number of rotatable bonds is 3. The quantitative estimate of drug-likeness (QED) is 0.241. The lowest BCUT2D eigenvalue weighted by molar-refractivity contribution is 0.670. The molecule has 0 saturated heterocycles. The molecule has 0 aliphatic rings. The van der Waals surface area contributed by atoms with Gasteiger partial charge in [-0.2, -0.15) is 9.97 Å². The molecule has 0 N–H and O–H groups in total. The number of para-hydroxylation sites is 2. The minimum atomic E-state index is -0.824. The molecule has 0 aliphatic carbocycles. The molecular weight excluding hydrogens is 468 g/mol. The normalized spacial score (nSPS) is 19.1. The number of hydrogen-bond donors (Lipinski definition) is 0. The molecule has 8 rings (SSSR count). The zero-order valence-corrected chi connectivity index (χ0v) is 18.7. The Bertz CT molecular complexity index is 3100. The van der Waals surface area contributed by atoms with E-state index in [4.69, 9.17) is 30.5 Å². The third kappa shape index (κ3) is 3.09. The molecule has 178 valence electrons. The van der Waals surface area contributed by atoms with Gasteiger partial charge in [-0.15, -0.1) is 0 Å². The number of fused-ring (bicyclic) bond motifs is 7. The Balaban J connectivity index is 1.69. The number of nitrogens with zero attached hydrogens (tertiary/aromatic N) is 4. The molecule has 0 aliphatic heterocycles. The predicted octanol–water partition coefficient (Wildman–Crippen LogP) is 8.20. The van der Waals surface area contributed by atoms with Gasteiger partial charge in [-0.05, 0) is 18.1 Å². The lowest BCUT2D eigenvalue weighted by atomic mass is 10.1. The van der Waals surface area contributed by atoms with Crippen molar-refractivity contribution in [3.05, 3.63) is 121 Å². The molecule has 3 heterocycles. The Morgan fingerprint density at radius 3 is 1.82 bits per heavy atom. The summed E-state index contributed by atoms with van der Waals surface area (Å²) in [6, 6.07) is -15.2. The van der Waals surface area contributed by atoms with Gasteiger partial charge in [0, 0.05) is 32.7 Å². The predicted molar refractivity (Wildman–Crippen MR) is 152 cm³/mol. The summed E-state index contributed by atoms with van der Waals surface area (Å²) in [5.74, 6) is -2.16. The molecule has 0 fully saturated rings. The van der Waals surface area contributed by atoms with E-state index in [-0.39, 0.29) is 27.1 Å². The van der Waals surface area contributed by atoms with Crippen LogP contribution in [0.1, 0.15) is 27.4 Å². The number of furan rings is 1. The first kappa shape index (κ1) is 9.23. The second-order valence-electron chi connectivity index (χ2n) is 7.83. The van der Waals surface area contributed by atoms with E-state index < -0.39 is 166 Å². The van der Waals surface area contributed by atoms with Crippen LogP contribution >= 0.6 is 0 Å². The summed E-state index contributed by atoms with van der Waals surface area (Å²) in [4.78, 5) is 13.1. The first-order chi connectivity index (χ1) is 27.1. The van der Waals surface area contributed by atoms with Crippen LogP contribution in [0.5, 0.6) is 0 Å². The second kappa shape index (κ2) is 8.11. The molecular formula is C33H20N4O. The molecule has 0 radical (unpaired) electrons. The highest BCUT2D eigenvalue weighted by Crippen LogP contribution is 2.39. The molecule has 5 heteroatoms. The highest BCUT2D eigenvalue weighted by atomic mass is 16.3. The van der Waals surface area contributed by atoms with Crippen LogP contribution in [0.15, 0.2) is 125 Å². The Kier molecular flexibility index (Phi) is 1.97. The van der Waals surface area contributed by atoms with Crippen LogP contribution in [0.25, 0.3) is 72.5 Å². The Morgan fingerprint density at radius 1 is 0.526 bits per heavy atom. The number of aromatic nitrogens is 4. The van der Waals surface area contributed by atoms with E-state index >= 15 is 0 Å². The molecule has 5 nitrogen and oxygen atoms in total. The Hall–Kier alpha value is -5.29. The van der Waals surface area contributed by atoms with Gasteiger partial charge < -0.3 is 4.42 Å². The van der Waals surface area contributed by atoms with Crippen LogP contribution in [0.4, 0.5) is 0 Å². The zero-order valence-electron chi connectivity index (χ0n) is 38.7. The fourth-order valence-electron chi connectivity index (χ4n) is 4.18. The largest absolute Gasteiger partial charge is 0.454 e. The Morgan fingerprint density at radius 2 is 1.11 bits per heavy atom. The van der Waals surface area contributed by atoms with E-state index in [1.54, 1.807) is 0 Å². The van der Waals surface area contributed by atoms with Crippen LogP contribution in [0, 0.1) is 0 Å². The lowest BCUT2D eigenvalue weighted by Gasteiger charge is -2.11. The van der Waals surface area contributed by atoms with Gasteiger partial charge in [0.25, 0.3) is 0 Å². The van der Waals surface area contributed by atoms with Gasteiger partial charge in [-0.25, -0.2) is 4.98 Å². The fraction of sp³-hybridized carbons (Fsp3) is 0. The van der Waals surface area contributed by atoms with Gasteiger partial charge in [0.2, 0.25) is 5.95 Å². The van der Waals surface area contributed by atoms with E-state index in [9.17, 15) is 1.37 Å². The van der Waals surface area contributed by atoms with Crippen molar-refractivity contribution in [2.45, 2.75) is 0 Å². The van der Waals surface area contributed by atoms with Crippen LogP contribution in [0.2, 0.25) is 0 Å². The topological polar surface area (TPSA) is 56.7 Å². The third-order valence-corrected chi connectivity index (χ3v) is 5.73. The summed E-state index contributed by atoms with van der Waals surface area (Å²) >= 11 is 0. The summed E-state index contributed by atoms with van der Waals surface area (Å²) in [6.07, 6.45) is 0. The molecule has 8 aromatic rings. The van der Waals surface area contributed by atoms with Crippen molar-refractivity contribution >= 4 is 43.7 Å². The van der Waals surface area contributed by atoms with Crippen molar-refractivity contribution in [3.63, 3.8) is 0 Å². The van der Waals surface area contributed by atoms with Gasteiger partial charge in [-0.1, -0.05) is 103 Å². The number of benzene rings is 5. The molecule has 0 saturated carbocycles. The SMILES string of the molecule is [2H]c1c([2H])c([2H])c(-c2nc(-c3c([2H])c([2H])c([2H])c([2H])c3[2H])nc(-n3c4c([2H])c([2H])c([2H])c([2H])c4c4c([2H])c([2H])c5c(oc6c([2H])c([2H])c([2H])c([2H])c65)c43)n2)c([2H])c1[2H]. The average molecular weight is 509 g/mol. The molecule has 0 spiro atoms. The summed E-state index contributed by atoms with van der Waals surface area (Å²) in [6.45, 7) is 0. The fourth-order valence-corrected chi connectivity index (χ4v) is 4.18. The highest BCUT2D eigenvalue weighted by molar-refractivity contribution is 6.21. The highest BCUT2D eigenvalue weighted by Gasteiger charge is 2.21. The van der Waals surface area contributed by atoms with Gasteiger partial charge in [0.05, 0.1) is 32.9 Å². The summed E-state index contributed by atoms with van der Waals surface area (Å²) in [7, 11) is 0. The zero-order chi connectivity index (χ0) is 42.5. The molecule has 5 aromatic carbocycles. The van der Waals surface area contributed by atoms with E-state index in [2.05, 4.69) is 15.0 Å². The summed E-state index contributed by atoms with van der Waals surface area (Å²) < 4.78 is 178. The minimum absolute atomic E-state index is 0.312. The molecule has 0 bridgehead atoms. The lowest BCUT2D eigenvalue weighted by Crippen LogP contribution is -2.06. The summed E-state index contributed by atoms with van der Waals surface area (Å²) in [5, 5.41) is -1.38. The van der Waals surface area contributed by atoms with E-state index in [1.165, 1.54) is 0 Å². The minimum Gasteiger partial charge on any atom is -0.454 e. The van der Waals surface area contributed by atoms with Crippen LogP contribution in [0.3, 0.4) is 0 Å². The van der Waals surface area contributed by atoms with Crippen LogP contribution in [-0.2, 0) is 0 Å². The molecule has 38 heavy (non-hydrogen) atoms. The van der Waals surface area contributed by atoms with Crippen molar-refractivity contribution in [1.29, 1.82) is 0 Å². The van der Waals surface area contributed by atoms with Crippen molar-refractivity contribution in [1.82, 2.24) is 19.5 Å². The van der Waals surface area contributed by atoms with E-state index in [1.807, 2.05) is 0 Å². The van der Waals surface area contributed by atoms with E-state index in [0.717, 1.165) is 4.57 Å². The van der Waals surface area contributed by atoms with Crippen molar-refractivity contribution < 1.29 is 31.8 Å². The maximum absolute atomic E-state index is 9.20. The molecule has 3 aromatic heterocycles. The van der Waals surface area contributed by atoms with Gasteiger partial charge >= 0.3 is 0 Å². The first-order valence-corrected chi connectivity index (χ1v) is 10.9. The average Bonchev–Trinajstić information content (AvgIpc) is 3.78. The van der Waals surface area contributed by atoms with Crippen molar-refractivity contribution in [2.24, 2.45) is 0 Å². The van der Waals surface area contributed by atoms with Gasteiger partial charge in [0.15, 0.2) is 17.2 Å². The Labute approximate surface area is 245 Å². The maximum Gasteiger partial charge on any atom is 0.238 e. The maximum atomic E-state index is 9.20. The van der Waals surface area contributed by atoms with Crippen molar-refractivity contribution in [2.75, 3.05) is 0 Å². The molecule has 0 amide bonds. The number of hydrogen-bond acceptors (Lipinski definition) is 4. The summed E-state index contributed by atoms with van der Waals surface area (Å²) in [5.41, 5.74) is -3.01. The van der Waals surface area contributed by atoms with Crippen LogP contribution < -0.4 is 0 Å². The second-order valence-corrected chi connectivity index (χ2v) is 7.83. The third-order valence-electron chi connectivity index (χ3n) is 5.73. The molecule has 0 unspecified atom stereocenters. The van der Waals surface area contributed by atoms with Crippen molar-refractivity contribution in [3.8, 4) is 28.7 Å². The smallest absolute Gasteiger partial charge is 0.238 e. The van der Waals surface area contributed by atoms with E-state index in [0.29, 0.717) is 0 Å². The molecule has 0 atom stereocenters. The standard InChI is InChI=1S/C33H20N4O/c1-3-11-21(12-4-1)31-34-32(22-13-5-2-6-14-22)36-33(35-31)37-27-17-9-7-15-23(27)25-19-20-26-24-16-8-10-18-28(24)38-30(26)29(25)37/h1-20H/i1D,2D,3D,4D,5D,6D,7D,8D,9D,10D,11D,12D,13D,14D,15D,16D,17D,18D,19D,20D. The van der Waals surface area contributed by atoms with Gasteiger partial charge in [-0.3, -0.25) is 4.57 Å². The van der Waals surface area contributed by atoms with Gasteiger partial charge in [0.1, 0.15) is 11.1 Å². The first-order valence-electron chi connectivity index (χ1n) is 20.9.